The molecule has 0 bridgehead atoms. The highest BCUT2D eigenvalue weighted by Gasteiger charge is 2.27. The molecule has 0 saturated heterocycles. The van der Waals surface area contributed by atoms with E-state index in [1.807, 2.05) is 11.9 Å². The van der Waals surface area contributed by atoms with E-state index < -0.39 is 5.82 Å². The molecule has 2 rings (SSSR count). The first-order valence-corrected chi connectivity index (χ1v) is 6.10. The molecular formula is C12H19FN4. The second kappa shape index (κ2) is 4.85. The van der Waals surface area contributed by atoms with Gasteiger partial charge in [0.15, 0.2) is 11.6 Å². The van der Waals surface area contributed by atoms with E-state index in [0.29, 0.717) is 17.8 Å². The summed E-state index contributed by atoms with van der Waals surface area (Å²) < 4.78 is 13.7. The van der Waals surface area contributed by atoms with Crippen LogP contribution in [0.25, 0.3) is 0 Å². The Labute approximate surface area is 101 Å². The summed E-state index contributed by atoms with van der Waals surface area (Å²) in [6, 6.07) is 0.340. The Morgan fingerprint density at radius 3 is 2.82 bits per heavy atom. The molecule has 94 valence electrons. The van der Waals surface area contributed by atoms with Crippen LogP contribution in [-0.4, -0.2) is 23.1 Å². The largest absolute Gasteiger partial charge is 0.368 e. The number of hydrogen-bond donors (Lipinski definition) is 1. The van der Waals surface area contributed by atoms with E-state index >= 15 is 0 Å². The number of nitrogens with two attached hydrogens (primary N) is 1. The van der Waals surface area contributed by atoms with Crippen molar-refractivity contribution in [3.8, 4) is 0 Å². The molecule has 0 amide bonds. The van der Waals surface area contributed by atoms with Gasteiger partial charge in [-0.2, -0.15) is 4.98 Å². The van der Waals surface area contributed by atoms with Gasteiger partial charge in [0.05, 0.1) is 6.20 Å². The van der Waals surface area contributed by atoms with Crippen LogP contribution in [0.5, 0.6) is 0 Å². The Hall–Kier alpha value is -1.39. The summed E-state index contributed by atoms with van der Waals surface area (Å²) in [7, 11) is 1.89. The molecule has 2 unspecified atom stereocenters. The van der Waals surface area contributed by atoms with Gasteiger partial charge in [-0.25, -0.2) is 9.37 Å². The van der Waals surface area contributed by atoms with Gasteiger partial charge in [-0.3, -0.25) is 0 Å². The third-order valence-electron chi connectivity index (χ3n) is 3.64. The van der Waals surface area contributed by atoms with Gasteiger partial charge >= 0.3 is 0 Å². The number of nitrogens with zero attached hydrogens (tertiary/aromatic N) is 3. The minimum atomic E-state index is -0.403. The van der Waals surface area contributed by atoms with Crippen molar-refractivity contribution < 1.29 is 4.39 Å². The molecule has 1 aliphatic rings. The van der Waals surface area contributed by atoms with Crippen molar-refractivity contribution in [3.05, 3.63) is 12.0 Å². The van der Waals surface area contributed by atoms with Crippen LogP contribution in [0, 0.1) is 11.7 Å². The van der Waals surface area contributed by atoms with E-state index in [9.17, 15) is 4.39 Å². The molecule has 1 fully saturated rings. The van der Waals surface area contributed by atoms with E-state index in [-0.39, 0.29) is 5.95 Å². The van der Waals surface area contributed by atoms with Crippen LogP contribution in [0.15, 0.2) is 6.20 Å². The van der Waals surface area contributed by atoms with Crippen LogP contribution in [0.4, 0.5) is 16.2 Å². The fraction of sp³-hybridized carbons (Fsp3) is 0.667. The maximum absolute atomic E-state index is 13.7. The first-order chi connectivity index (χ1) is 8.09. The van der Waals surface area contributed by atoms with Gasteiger partial charge in [-0.15, -0.1) is 0 Å². The van der Waals surface area contributed by atoms with Crippen molar-refractivity contribution in [2.75, 3.05) is 17.7 Å². The number of rotatable bonds is 2. The number of anilines is 2. The summed E-state index contributed by atoms with van der Waals surface area (Å²) in [6.45, 7) is 2.21. The number of halogens is 1. The zero-order valence-electron chi connectivity index (χ0n) is 10.4. The lowest BCUT2D eigenvalue weighted by atomic mass is 9.85. The molecule has 2 atom stereocenters. The third kappa shape index (κ3) is 2.48. The van der Waals surface area contributed by atoms with Crippen molar-refractivity contribution in [2.45, 2.75) is 38.6 Å². The van der Waals surface area contributed by atoms with Crippen molar-refractivity contribution >= 4 is 11.8 Å². The SMILES string of the molecule is CC1CCCCC1N(C)c1nc(N)ncc1F. The Morgan fingerprint density at radius 2 is 2.12 bits per heavy atom. The number of hydrogen-bond acceptors (Lipinski definition) is 4. The summed E-state index contributed by atoms with van der Waals surface area (Å²) in [6.07, 6.45) is 5.88. The molecule has 2 N–H and O–H groups in total. The summed E-state index contributed by atoms with van der Waals surface area (Å²) >= 11 is 0. The lowest BCUT2D eigenvalue weighted by Crippen LogP contribution is -2.40. The van der Waals surface area contributed by atoms with Gasteiger partial charge in [-0.05, 0) is 18.8 Å². The van der Waals surface area contributed by atoms with Crippen LogP contribution in [0.1, 0.15) is 32.6 Å². The van der Waals surface area contributed by atoms with E-state index in [1.165, 1.54) is 19.3 Å². The van der Waals surface area contributed by atoms with Crippen LogP contribution >= 0.6 is 0 Å². The minimum absolute atomic E-state index is 0.122. The van der Waals surface area contributed by atoms with Crippen molar-refractivity contribution in [3.63, 3.8) is 0 Å². The molecule has 0 spiro atoms. The zero-order valence-corrected chi connectivity index (χ0v) is 10.4. The molecule has 1 heterocycles. The molecule has 0 aromatic carbocycles. The topological polar surface area (TPSA) is 55.0 Å². The van der Waals surface area contributed by atoms with Crippen molar-refractivity contribution in [1.82, 2.24) is 9.97 Å². The smallest absolute Gasteiger partial charge is 0.222 e. The van der Waals surface area contributed by atoms with Gasteiger partial charge in [-0.1, -0.05) is 19.8 Å². The van der Waals surface area contributed by atoms with Crippen molar-refractivity contribution in [1.29, 1.82) is 0 Å². The predicted octanol–water partition coefficient (Wildman–Crippen LogP) is 2.21. The molecule has 4 nitrogen and oxygen atoms in total. The Bertz CT molecular complexity index is 396. The third-order valence-corrected chi connectivity index (χ3v) is 3.64. The summed E-state index contributed by atoms with van der Waals surface area (Å²) in [5.41, 5.74) is 5.51. The normalized spacial score (nSPS) is 24.6. The first kappa shape index (κ1) is 12.1. The fourth-order valence-electron chi connectivity index (χ4n) is 2.65. The zero-order chi connectivity index (χ0) is 12.4. The summed E-state index contributed by atoms with van der Waals surface area (Å²) in [4.78, 5) is 9.56. The highest BCUT2D eigenvalue weighted by Crippen LogP contribution is 2.30. The molecule has 5 heteroatoms. The van der Waals surface area contributed by atoms with Gasteiger partial charge in [0.1, 0.15) is 0 Å². The van der Waals surface area contributed by atoms with E-state index in [1.54, 1.807) is 0 Å². The molecular weight excluding hydrogens is 219 g/mol. The average molecular weight is 238 g/mol. The summed E-state index contributed by atoms with van der Waals surface area (Å²) in [5.74, 6) is 0.594. The second-order valence-electron chi connectivity index (χ2n) is 4.84. The van der Waals surface area contributed by atoms with Crippen LogP contribution < -0.4 is 10.6 Å². The second-order valence-corrected chi connectivity index (χ2v) is 4.84. The standard InChI is InChI=1S/C12H19FN4/c1-8-5-3-4-6-10(8)17(2)11-9(13)7-15-12(14)16-11/h7-8,10H,3-6H2,1-2H3,(H2,14,15,16). The lowest BCUT2D eigenvalue weighted by Gasteiger charge is -2.37. The molecule has 1 aromatic heterocycles. The lowest BCUT2D eigenvalue weighted by molar-refractivity contribution is 0.319. The quantitative estimate of drug-likeness (QED) is 0.858. The van der Waals surface area contributed by atoms with Crippen LogP contribution in [-0.2, 0) is 0 Å². The van der Waals surface area contributed by atoms with Gasteiger partial charge in [0.25, 0.3) is 0 Å². The Morgan fingerprint density at radius 1 is 1.41 bits per heavy atom. The van der Waals surface area contributed by atoms with E-state index in [4.69, 9.17) is 5.73 Å². The first-order valence-electron chi connectivity index (χ1n) is 6.10. The Kier molecular flexibility index (Phi) is 3.45. The molecule has 1 aliphatic carbocycles. The van der Waals surface area contributed by atoms with E-state index in [0.717, 1.165) is 12.6 Å². The molecule has 0 radical (unpaired) electrons. The predicted molar refractivity (Wildman–Crippen MR) is 66.2 cm³/mol. The van der Waals surface area contributed by atoms with Gasteiger partial charge in [0.2, 0.25) is 5.95 Å². The maximum atomic E-state index is 13.7. The Balaban J connectivity index is 2.23. The van der Waals surface area contributed by atoms with Crippen molar-refractivity contribution in [2.24, 2.45) is 5.92 Å². The minimum Gasteiger partial charge on any atom is -0.368 e. The fourth-order valence-corrected chi connectivity index (χ4v) is 2.65. The highest BCUT2D eigenvalue weighted by molar-refractivity contribution is 5.43. The van der Waals surface area contributed by atoms with E-state index in [2.05, 4.69) is 16.9 Å². The van der Waals surface area contributed by atoms with Gasteiger partial charge < -0.3 is 10.6 Å². The number of aromatic nitrogens is 2. The van der Waals surface area contributed by atoms with Gasteiger partial charge in [0, 0.05) is 13.1 Å². The van der Waals surface area contributed by atoms with Crippen LogP contribution in [0.3, 0.4) is 0 Å². The number of nitrogen functional groups attached to an aromatic ring is 1. The molecule has 0 aliphatic heterocycles. The highest BCUT2D eigenvalue weighted by atomic mass is 19.1. The maximum Gasteiger partial charge on any atom is 0.222 e. The summed E-state index contributed by atoms with van der Waals surface area (Å²) in [5, 5.41) is 0. The van der Waals surface area contributed by atoms with Crippen LogP contribution in [0.2, 0.25) is 0 Å². The monoisotopic (exact) mass is 238 g/mol. The molecule has 17 heavy (non-hydrogen) atoms. The average Bonchev–Trinajstić information content (AvgIpc) is 2.32. The molecule has 1 aromatic rings. The molecule has 1 saturated carbocycles.